The number of morpholine rings is 1. The van der Waals surface area contributed by atoms with Crippen LogP contribution in [0, 0.1) is 0 Å². The van der Waals surface area contributed by atoms with E-state index < -0.39 is 0 Å². The third-order valence-corrected chi connectivity index (χ3v) is 3.43. The zero-order valence-electron chi connectivity index (χ0n) is 10.9. The van der Waals surface area contributed by atoms with E-state index in [1.165, 1.54) is 0 Å². The van der Waals surface area contributed by atoms with Crippen molar-refractivity contribution in [2.45, 2.75) is 44.8 Å². The minimum absolute atomic E-state index is 0.115. The summed E-state index contributed by atoms with van der Waals surface area (Å²) in [6.07, 6.45) is 3.31. The van der Waals surface area contributed by atoms with Gasteiger partial charge in [-0.15, -0.1) is 0 Å². The number of esters is 1. The fraction of sp³-hybridized carbons (Fsp3) is 0.846. The molecule has 2 aliphatic heterocycles. The van der Waals surface area contributed by atoms with Gasteiger partial charge in [0.2, 0.25) is 0 Å². The fourth-order valence-corrected chi connectivity index (χ4v) is 2.63. The van der Waals surface area contributed by atoms with Gasteiger partial charge in [-0.3, -0.25) is 14.5 Å². The molecule has 0 spiro atoms. The quantitative estimate of drug-likeness (QED) is 0.656. The standard InChI is InChI=1S/C13H21NO4/c1-2-17-13(16)6-3-10(15)7-14-8-11-4-5-12(9-14)18-11/h11-12H,2-9H2,1H3. The minimum Gasteiger partial charge on any atom is -0.466 e. The van der Waals surface area contributed by atoms with Crippen LogP contribution in [0.2, 0.25) is 0 Å². The van der Waals surface area contributed by atoms with Crippen molar-refractivity contribution in [1.82, 2.24) is 4.90 Å². The van der Waals surface area contributed by atoms with Crippen molar-refractivity contribution in [3.05, 3.63) is 0 Å². The lowest BCUT2D eigenvalue weighted by Gasteiger charge is -2.31. The summed E-state index contributed by atoms with van der Waals surface area (Å²) < 4.78 is 10.5. The Hall–Kier alpha value is -0.940. The Balaban J connectivity index is 1.66. The molecule has 0 N–H and O–H groups in total. The number of ketones is 1. The second-order valence-electron chi connectivity index (χ2n) is 5.00. The first-order chi connectivity index (χ1) is 8.67. The number of rotatable bonds is 6. The molecule has 5 heteroatoms. The molecule has 0 saturated carbocycles. The molecule has 5 nitrogen and oxygen atoms in total. The van der Waals surface area contributed by atoms with Crippen molar-refractivity contribution in [1.29, 1.82) is 0 Å². The van der Waals surface area contributed by atoms with Crippen LogP contribution in [0.25, 0.3) is 0 Å². The summed E-state index contributed by atoms with van der Waals surface area (Å²) in [6, 6.07) is 0. The molecule has 102 valence electrons. The van der Waals surface area contributed by atoms with Crippen LogP contribution in [0.4, 0.5) is 0 Å². The SMILES string of the molecule is CCOC(=O)CCC(=O)CN1CC2CCC(C1)O2. The molecule has 0 aromatic rings. The largest absolute Gasteiger partial charge is 0.466 e. The molecule has 0 aliphatic carbocycles. The molecule has 2 bridgehead atoms. The minimum atomic E-state index is -0.284. The zero-order valence-corrected chi connectivity index (χ0v) is 10.9. The first kappa shape index (κ1) is 13.5. The van der Waals surface area contributed by atoms with Gasteiger partial charge in [0, 0.05) is 19.5 Å². The number of Topliss-reactive ketones (excluding diaryl/α,β-unsaturated/α-hetero) is 1. The van der Waals surface area contributed by atoms with Gasteiger partial charge in [-0.1, -0.05) is 0 Å². The fourth-order valence-electron chi connectivity index (χ4n) is 2.63. The van der Waals surface area contributed by atoms with Gasteiger partial charge < -0.3 is 9.47 Å². The van der Waals surface area contributed by atoms with E-state index in [9.17, 15) is 9.59 Å². The lowest BCUT2D eigenvalue weighted by atomic mass is 10.2. The average molecular weight is 255 g/mol. The van der Waals surface area contributed by atoms with E-state index >= 15 is 0 Å². The number of hydrogen-bond acceptors (Lipinski definition) is 5. The van der Waals surface area contributed by atoms with Crippen molar-refractivity contribution in [3.8, 4) is 0 Å². The Morgan fingerprint density at radius 1 is 1.22 bits per heavy atom. The van der Waals surface area contributed by atoms with Crippen LogP contribution >= 0.6 is 0 Å². The molecule has 2 fully saturated rings. The number of carbonyl (C=O) groups excluding carboxylic acids is 2. The van der Waals surface area contributed by atoms with E-state index in [0.717, 1.165) is 25.9 Å². The van der Waals surface area contributed by atoms with Gasteiger partial charge >= 0.3 is 5.97 Å². The summed E-state index contributed by atoms with van der Waals surface area (Å²) in [4.78, 5) is 25.1. The van der Waals surface area contributed by atoms with Crippen molar-refractivity contribution in [2.75, 3.05) is 26.2 Å². The summed E-state index contributed by atoms with van der Waals surface area (Å²) in [7, 11) is 0. The number of carbonyl (C=O) groups is 2. The highest BCUT2D eigenvalue weighted by Crippen LogP contribution is 2.25. The highest BCUT2D eigenvalue weighted by Gasteiger charge is 2.34. The molecule has 0 aromatic carbocycles. The van der Waals surface area contributed by atoms with Gasteiger partial charge in [-0.05, 0) is 19.8 Å². The molecule has 2 rings (SSSR count). The van der Waals surface area contributed by atoms with Crippen LogP contribution in [0.1, 0.15) is 32.6 Å². The van der Waals surface area contributed by atoms with Crippen LogP contribution in [0.15, 0.2) is 0 Å². The number of hydrogen-bond donors (Lipinski definition) is 0. The van der Waals surface area contributed by atoms with Gasteiger partial charge in [0.15, 0.2) is 0 Å². The van der Waals surface area contributed by atoms with Gasteiger partial charge in [0.25, 0.3) is 0 Å². The van der Waals surface area contributed by atoms with Crippen molar-refractivity contribution in [3.63, 3.8) is 0 Å². The van der Waals surface area contributed by atoms with E-state index in [2.05, 4.69) is 4.90 Å². The second-order valence-corrected chi connectivity index (χ2v) is 5.00. The van der Waals surface area contributed by atoms with Crippen LogP contribution in [-0.2, 0) is 19.1 Å². The summed E-state index contributed by atoms with van der Waals surface area (Å²) in [5.74, 6) is -0.169. The molecule has 2 unspecified atom stereocenters. The summed E-state index contributed by atoms with van der Waals surface area (Å²) >= 11 is 0. The Bertz CT molecular complexity index is 306. The van der Waals surface area contributed by atoms with Gasteiger partial charge in [-0.25, -0.2) is 0 Å². The highest BCUT2D eigenvalue weighted by atomic mass is 16.5. The maximum atomic E-state index is 11.8. The Morgan fingerprint density at radius 2 is 1.89 bits per heavy atom. The molecule has 2 aliphatic rings. The lowest BCUT2D eigenvalue weighted by molar-refractivity contribution is -0.144. The monoisotopic (exact) mass is 255 g/mol. The molecule has 0 aromatic heterocycles. The summed E-state index contributed by atoms with van der Waals surface area (Å²) in [5, 5.41) is 0. The normalized spacial score (nSPS) is 27.2. The van der Waals surface area contributed by atoms with Gasteiger partial charge in [-0.2, -0.15) is 0 Å². The van der Waals surface area contributed by atoms with Crippen molar-refractivity contribution in [2.24, 2.45) is 0 Å². The molecule has 0 amide bonds. The van der Waals surface area contributed by atoms with E-state index in [-0.39, 0.29) is 24.6 Å². The predicted molar refractivity (Wildman–Crippen MR) is 65.2 cm³/mol. The van der Waals surface area contributed by atoms with Gasteiger partial charge in [0.05, 0.1) is 31.8 Å². The molecule has 18 heavy (non-hydrogen) atoms. The lowest BCUT2D eigenvalue weighted by Crippen LogP contribution is -2.44. The number of nitrogens with zero attached hydrogens (tertiary/aromatic N) is 1. The Kier molecular flexibility index (Phi) is 4.72. The third-order valence-electron chi connectivity index (χ3n) is 3.43. The smallest absolute Gasteiger partial charge is 0.306 e. The van der Waals surface area contributed by atoms with E-state index in [0.29, 0.717) is 25.4 Å². The number of likely N-dealkylation sites (tertiary alicyclic amines) is 1. The Morgan fingerprint density at radius 3 is 2.50 bits per heavy atom. The molecule has 2 atom stereocenters. The molecular weight excluding hydrogens is 234 g/mol. The number of ether oxygens (including phenoxy) is 2. The van der Waals surface area contributed by atoms with Crippen LogP contribution in [0.3, 0.4) is 0 Å². The topological polar surface area (TPSA) is 55.8 Å². The average Bonchev–Trinajstić information content (AvgIpc) is 2.67. The van der Waals surface area contributed by atoms with Crippen molar-refractivity contribution < 1.29 is 19.1 Å². The number of fused-ring (bicyclic) bond motifs is 2. The third kappa shape index (κ3) is 3.78. The maximum Gasteiger partial charge on any atom is 0.306 e. The molecular formula is C13H21NO4. The van der Waals surface area contributed by atoms with Crippen LogP contribution in [-0.4, -0.2) is 55.1 Å². The van der Waals surface area contributed by atoms with Crippen LogP contribution < -0.4 is 0 Å². The van der Waals surface area contributed by atoms with E-state index in [1.54, 1.807) is 6.92 Å². The van der Waals surface area contributed by atoms with Gasteiger partial charge in [0.1, 0.15) is 5.78 Å². The zero-order chi connectivity index (χ0) is 13.0. The Labute approximate surface area is 107 Å². The van der Waals surface area contributed by atoms with E-state index in [1.807, 2.05) is 0 Å². The molecule has 2 heterocycles. The first-order valence-electron chi connectivity index (χ1n) is 6.72. The first-order valence-corrected chi connectivity index (χ1v) is 6.72. The van der Waals surface area contributed by atoms with E-state index in [4.69, 9.17) is 9.47 Å². The highest BCUT2D eigenvalue weighted by molar-refractivity contribution is 5.84. The van der Waals surface area contributed by atoms with Crippen molar-refractivity contribution >= 4 is 11.8 Å². The molecule has 2 saturated heterocycles. The summed E-state index contributed by atoms with van der Waals surface area (Å²) in [6.45, 7) is 4.28. The maximum absolute atomic E-state index is 11.8. The summed E-state index contributed by atoms with van der Waals surface area (Å²) in [5.41, 5.74) is 0. The predicted octanol–water partition coefficient (Wildman–Crippen LogP) is 0.762. The van der Waals surface area contributed by atoms with Crippen LogP contribution in [0.5, 0.6) is 0 Å². The second kappa shape index (κ2) is 6.29. The molecule has 0 radical (unpaired) electrons.